The van der Waals surface area contributed by atoms with E-state index in [-0.39, 0.29) is 0 Å². The van der Waals surface area contributed by atoms with Gasteiger partial charge in [0.15, 0.2) is 0 Å². The van der Waals surface area contributed by atoms with E-state index in [0.717, 1.165) is 46.5 Å². The van der Waals surface area contributed by atoms with E-state index in [1.54, 1.807) is 0 Å². The Balaban J connectivity index is 1.89. The molecule has 0 aromatic heterocycles. The minimum Gasteiger partial charge on any atom is -0.457 e. The standard InChI is InChI=1S/C19H12Br4O2/c1-11-18(24-16-7-12(20)5-13(21)8-16)3-2-4-19(11)25-17-9-14(22)6-15(23)10-17/h2-10H,1H3. The van der Waals surface area contributed by atoms with Gasteiger partial charge in [0, 0.05) is 23.5 Å². The Morgan fingerprint density at radius 2 is 0.960 bits per heavy atom. The normalized spacial score (nSPS) is 10.6. The topological polar surface area (TPSA) is 18.5 Å². The fourth-order valence-electron chi connectivity index (χ4n) is 2.24. The van der Waals surface area contributed by atoms with Crippen molar-refractivity contribution in [2.45, 2.75) is 6.92 Å². The van der Waals surface area contributed by atoms with Crippen LogP contribution in [-0.2, 0) is 0 Å². The van der Waals surface area contributed by atoms with Crippen LogP contribution in [0.2, 0.25) is 0 Å². The van der Waals surface area contributed by atoms with Gasteiger partial charge in [-0.2, -0.15) is 0 Å². The summed E-state index contributed by atoms with van der Waals surface area (Å²) in [5, 5.41) is 0. The molecule has 3 aromatic carbocycles. The molecule has 0 aliphatic heterocycles. The van der Waals surface area contributed by atoms with E-state index in [1.165, 1.54) is 0 Å². The summed E-state index contributed by atoms with van der Waals surface area (Å²) >= 11 is 13.9. The molecule has 3 aromatic rings. The Morgan fingerprint density at radius 3 is 1.32 bits per heavy atom. The maximum Gasteiger partial charge on any atom is 0.134 e. The molecule has 0 aliphatic carbocycles. The SMILES string of the molecule is Cc1c(Oc2cc(Br)cc(Br)c2)cccc1Oc1cc(Br)cc(Br)c1. The average molecular weight is 592 g/mol. The largest absolute Gasteiger partial charge is 0.457 e. The van der Waals surface area contributed by atoms with Gasteiger partial charge < -0.3 is 9.47 Å². The quantitative estimate of drug-likeness (QED) is 0.302. The van der Waals surface area contributed by atoms with Gasteiger partial charge in [0.1, 0.15) is 23.0 Å². The highest BCUT2D eigenvalue weighted by molar-refractivity contribution is 9.11. The third-order valence-corrected chi connectivity index (χ3v) is 5.19. The summed E-state index contributed by atoms with van der Waals surface area (Å²) in [6, 6.07) is 17.4. The molecular formula is C19H12Br4O2. The summed E-state index contributed by atoms with van der Waals surface area (Å²) in [6.07, 6.45) is 0. The Bertz CT molecular complexity index is 813. The predicted octanol–water partition coefficient (Wildman–Crippen LogP) is 8.63. The first-order valence-corrected chi connectivity index (χ1v) is 10.5. The zero-order valence-electron chi connectivity index (χ0n) is 13.0. The van der Waals surface area contributed by atoms with Gasteiger partial charge in [-0.1, -0.05) is 69.8 Å². The molecule has 25 heavy (non-hydrogen) atoms. The Hall–Kier alpha value is -0.820. The molecule has 0 saturated heterocycles. The lowest BCUT2D eigenvalue weighted by Crippen LogP contribution is -1.92. The fraction of sp³-hybridized carbons (Fsp3) is 0.0526. The van der Waals surface area contributed by atoms with Crippen molar-refractivity contribution in [1.82, 2.24) is 0 Å². The van der Waals surface area contributed by atoms with Crippen molar-refractivity contribution in [3.05, 3.63) is 78.1 Å². The van der Waals surface area contributed by atoms with Gasteiger partial charge in [0.2, 0.25) is 0 Å². The van der Waals surface area contributed by atoms with Crippen LogP contribution < -0.4 is 9.47 Å². The second kappa shape index (κ2) is 8.25. The molecule has 3 rings (SSSR count). The average Bonchev–Trinajstić information content (AvgIpc) is 2.49. The number of benzene rings is 3. The molecule has 0 atom stereocenters. The highest BCUT2D eigenvalue weighted by Crippen LogP contribution is 2.36. The van der Waals surface area contributed by atoms with Crippen LogP contribution >= 0.6 is 63.7 Å². The summed E-state index contributed by atoms with van der Waals surface area (Å²) in [5.41, 5.74) is 0.926. The third-order valence-electron chi connectivity index (χ3n) is 3.36. The molecular weight excluding hydrogens is 580 g/mol. The first kappa shape index (κ1) is 19.0. The van der Waals surface area contributed by atoms with Gasteiger partial charge >= 0.3 is 0 Å². The van der Waals surface area contributed by atoms with E-state index in [2.05, 4.69) is 63.7 Å². The molecule has 0 aliphatic rings. The van der Waals surface area contributed by atoms with Gasteiger partial charge in [-0.15, -0.1) is 0 Å². The highest BCUT2D eigenvalue weighted by Gasteiger charge is 2.10. The van der Waals surface area contributed by atoms with E-state index < -0.39 is 0 Å². The number of ether oxygens (including phenoxy) is 2. The molecule has 0 heterocycles. The van der Waals surface area contributed by atoms with Gasteiger partial charge in [-0.05, 0) is 55.5 Å². The van der Waals surface area contributed by atoms with Crippen LogP contribution in [0.1, 0.15) is 5.56 Å². The molecule has 2 nitrogen and oxygen atoms in total. The Morgan fingerprint density at radius 1 is 0.600 bits per heavy atom. The lowest BCUT2D eigenvalue weighted by Gasteiger charge is -2.14. The highest BCUT2D eigenvalue weighted by atomic mass is 79.9. The van der Waals surface area contributed by atoms with Crippen LogP contribution in [0.15, 0.2) is 72.5 Å². The second-order valence-corrected chi connectivity index (χ2v) is 8.96. The van der Waals surface area contributed by atoms with Gasteiger partial charge in [-0.25, -0.2) is 0 Å². The molecule has 6 heteroatoms. The first-order chi connectivity index (χ1) is 11.9. The molecule has 0 unspecified atom stereocenters. The minimum atomic E-state index is 0.742. The van der Waals surface area contributed by atoms with Crippen LogP contribution in [0.5, 0.6) is 23.0 Å². The van der Waals surface area contributed by atoms with Crippen molar-refractivity contribution in [2.75, 3.05) is 0 Å². The molecule has 0 amide bonds. The van der Waals surface area contributed by atoms with E-state index in [4.69, 9.17) is 9.47 Å². The molecule has 0 N–H and O–H groups in total. The Kier molecular flexibility index (Phi) is 6.25. The third kappa shape index (κ3) is 5.09. The van der Waals surface area contributed by atoms with Crippen LogP contribution in [0, 0.1) is 6.92 Å². The summed E-state index contributed by atoms with van der Waals surface area (Å²) in [4.78, 5) is 0. The molecule has 128 valence electrons. The van der Waals surface area contributed by atoms with Gasteiger partial charge in [0.25, 0.3) is 0 Å². The van der Waals surface area contributed by atoms with E-state index in [1.807, 2.05) is 61.5 Å². The summed E-state index contributed by atoms with van der Waals surface area (Å²) in [5.74, 6) is 2.98. The van der Waals surface area contributed by atoms with Crippen molar-refractivity contribution in [3.8, 4) is 23.0 Å². The predicted molar refractivity (Wildman–Crippen MR) is 115 cm³/mol. The van der Waals surface area contributed by atoms with Crippen molar-refractivity contribution in [2.24, 2.45) is 0 Å². The number of rotatable bonds is 4. The molecule has 0 radical (unpaired) electrons. The lowest BCUT2D eigenvalue weighted by atomic mass is 10.2. The zero-order chi connectivity index (χ0) is 18.0. The van der Waals surface area contributed by atoms with E-state index >= 15 is 0 Å². The van der Waals surface area contributed by atoms with E-state index in [0.29, 0.717) is 0 Å². The number of hydrogen-bond donors (Lipinski definition) is 0. The van der Waals surface area contributed by atoms with Gasteiger partial charge in [0.05, 0.1) is 0 Å². The van der Waals surface area contributed by atoms with Crippen LogP contribution in [-0.4, -0.2) is 0 Å². The molecule has 0 saturated carbocycles. The maximum absolute atomic E-state index is 6.04. The number of halogens is 4. The smallest absolute Gasteiger partial charge is 0.134 e. The summed E-state index contributed by atoms with van der Waals surface area (Å²) in [7, 11) is 0. The maximum atomic E-state index is 6.04. The molecule has 0 bridgehead atoms. The molecule has 0 fully saturated rings. The zero-order valence-corrected chi connectivity index (χ0v) is 19.4. The van der Waals surface area contributed by atoms with Crippen LogP contribution in [0.3, 0.4) is 0 Å². The first-order valence-electron chi connectivity index (χ1n) is 7.28. The fourth-order valence-corrected chi connectivity index (χ4v) is 4.75. The number of hydrogen-bond acceptors (Lipinski definition) is 2. The van der Waals surface area contributed by atoms with Gasteiger partial charge in [-0.3, -0.25) is 0 Å². The second-order valence-electron chi connectivity index (χ2n) is 5.29. The van der Waals surface area contributed by atoms with Crippen molar-refractivity contribution >= 4 is 63.7 Å². The summed E-state index contributed by atoms with van der Waals surface area (Å²) < 4.78 is 15.9. The molecule has 0 spiro atoms. The van der Waals surface area contributed by atoms with E-state index in [9.17, 15) is 0 Å². The van der Waals surface area contributed by atoms with Crippen molar-refractivity contribution in [1.29, 1.82) is 0 Å². The Labute approximate surface area is 180 Å². The van der Waals surface area contributed by atoms with Crippen LogP contribution in [0.4, 0.5) is 0 Å². The lowest BCUT2D eigenvalue weighted by molar-refractivity contribution is 0.453. The minimum absolute atomic E-state index is 0.742. The monoisotopic (exact) mass is 588 g/mol. The van der Waals surface area contributed by atoms with Crippen molar-refractivity contribution in [3.63, 3.8) is 0 Å². The summed E-state index contributed by atoms with van der Waals surface area (Å²) in [6.45, 7) is 1.98. The van der Waals surface area contributed by atoms with Crippen molar-refractivity contribution < 1.29 is 9.47 Å². The van der Waals surface area contributed by atoms with Crippen LogP contribution in [0.25, 0.3) is 0 Å².